The number of aromatic amines is 1. The minimum Gasteiger partial charge on any atom is -0.479 e. The molecule has 0 bridgehead atoms. The van der Waals surface area contributed by atoms with E-state index in [9.17, 15) is 32.7 Å². The molecule has 1 fully saturated rings. The Morgan fingerprint density at radius 3 is 2.55 bits per heavy atom. The number of H-pyrrole nitrogens is 1. The van der Waals surface area contributed by atoms with Gasteiger partial charge in [-0.1, -0.05) is 23.7 Å². The van der Waals surface area contributed by atoms with Gasteiger partial charge in [0.1, 0.15) is 5.70 Å². The number of hydrogen-bond donors (Lipinski definition) is 3. The van der Waals surface area contributed by atoms with Gasteiger partial charge in [-0.25, -0.2) is 27.7 Å². The Hall–Kier alpha value is -3.79. The Morgan fingerprint density at radius 1 is 1.13 bits per heavy atom. The summed E-state index contributed by atoms with van der Waals surface area (Å²) in [6.07, 6.45) is 2.61. The molecular weight excluding hydrogens is 439 g/mol. The number of rotatable bonds is 4. The highest BCUT2D eigenvalue weighted by molar-refractivity contribution is 6.31. The largest absolute Gasteiger partial charge is 0.479 e. The molecule has 1 aliphatic heterocycles. The van der Waals surface area contributed by atoms with Crippen LogP contribution >= 0.6 is 11.6 Å². The molecule has 3 aromatic rings. The predicted octanol–water partition coefficient (Wildman–Crippen LogP) is 3.96. The van der Waals surface area contributed by atoms with Crippen molar-refractivity contribution in [1.82, 2.24) is 15.2 Å². The molecule has 31 heavy (non-hydrogen) atoms. The zero-order valence-electron chi connectivity index (χ0n) is 15.2. The van der Waals surface area contributed by atoms with Crippen LogP contribution in [-0.2, 0) is 9.59 Å². The van der Waals surface area contributed by atoms with Crippen LogP contribution in [0.15, 0.2) is 42.2 Å². The first-order chi connectivity index (χ1) is 14.7. The predicted molar refractivity (Wildman–Crippen MR) is 103 cm³/mol. The van der Waals surface area contributed by atoms with Crippen molar-refractivity contribution in [3.05, 3.63) is 75.8 Å². The van der Waals surface area contributed by atoms with Gasteiger partial charge in [0.2, 0.25) is 0 Å². The third kappa shape index (κ3) is 3.40. The number of carbonyl (C=O) groups is 3. The first kappa shape index (κ1) is 20.5. The number of carboxylic acids is 1. The van der Waals surface area contributed by atoms with E-state index in [0.29, 0.717) is 28.0 Å². The van der Waals surface area contributed by atoms with Crippen molar-refractivity contribution in [2.75, 3.05) is 0 Å². The van der Waals surface area contributed by atoms with Crippen LogP contribution in [0.1, 0.15) is 17.2 Å². The van der Waals surface area contributed by atoms with Gasteiger partial charge in [0.25, 0.3) is 5.91 Å². The fourth-order valence-electron chi connectivity index (χ4n) is 3.30. The van der Waals surface area contributed by atoms with E-state index in [1.54, 1.807) is 0 Å². The van der Waals surface area contributed by atoms with Crippen molar-refractivity contribution in [3.8, 4) is 0 Å². The molecule has 158 valence electrons. The lowest BCUT2D eigenvalue weighted by Crippen LogP contribution is -2.39. The van der Waals surface area contributed by atoms with Gasteiger partial charge in [0.05, 0.1) is 10.5 Å². The molecule has 7 nitrogen and oxygen atoms in total. The van der Waals surface area contributed by atoms with Crippen LogP contribution in [0, 0.1) is 17.5 Å². The van der Waals surface area contributed by atoms with Crippen LogP contribution in [0.25, 0.3) is 17.0 Å². The third-order valence-electron chi connectivity index (χ3n) is 4.74. The molecule has 2 heterocycles. The standard InChI is InChI=1S/C20H11ClF3N3O4/c21-11-3-2-10-9(7-25-16(10)15(11)24)6-14-18(28)27(20(31)26-14)17(19(29)30)8-1-4-12(22)13(23)5-8/h1-7,17,25H,(H,26,31)(H,29,30)/b14-6-. The van der Waals surface area contributed by atoms with E-state index in [4.69, 9.17) is 11.6 Å². The van der Waals surface area contributed by atoms with Crippen LogP contribution in [-0.4, -0.2) is 32.9 Å². The van der Waals surface area contributed by atoms with Crippen molar-refractivity contribution < 1.29 is 32.7 Å². The lowest BCUT2D eigenvalue weighted by Gasteiger charge is -2.21. The molecule has 4 rings (SSSR count). The first-order valence-electron chi connectivity index (χ1n) is 8.68. The number of hydrogen-bond acceptors (Lipinski definition) is 3. The Labute approximate surface area is 176 Å². The molecule has 1 aliphatic rings. The van der Waals surface area contributed by atoms with Gasteiger partial charge >= 0.3 is 12.0 Å². The second-order valence-corrected chi connectivity index (χ2v) is 7.01. The number of nitrogens with zero attached hydrogens (tertiary/aromatic N) is 1. The fourth-order valence-corrected chi connectivity index (χ4v) is 3.46. The number of carboxylic acid groups (broad SMARTS) is 1. The Balaban J connectivity index is 1.74. The molecule has 1 unspecified atom stereocenters. The minimum absolute atomic E-state index is 0.0816. The van der Waals surface area contributed by atoms with Gasteiger partial charge in [-0.3, -0.25) is 4.79 Å². The number of amides is 3. The average molecular weight is 450 g/mol. The summed E-state index contributed by atoms with van der Waals surface area (Å²) in [5.41, 5.74) is -0.177. The summed E-state index contributed by atoms with van der Waals surface area (Å²) in [5, 5.41) is 12.1. The number of benzene rings is 2. The monoisotopic (exact) mass is 449 g/mol. The van der Waals surface area contributed by atoms with Crippen LogP contribution in [0.5, 0.6) is 0 Å². The van der Waals surface area contributed by atoms with Gasteiger partial charge in [-0.05, 0) is 29.8 Å². The Kier molecular flexibility index (Phi) is 4.94. The topological polar surface area (TPSA) is 102 Å². The zero-order valence-corrected chi connectivity index (χ0v) is 16.0. The van der Waals surface area contributed by atoms with E-state index < -0.39 is 41.4 Å². The maximum absolute atomic E-state index is 14.1. The number of aliphatic carboxylic acids is 1. The molecule has 1 aromatic heterocycles. The SMILES string of the molecule is O=C(O)C(c1ccc(F)c(F)c1)N1C(=O)N/C(=C\c2c[nH]c3c(F)c(Cl)ccc23)C1=O. The van der Waals surface area contributed by atoms with Gasteiger partial charge < -0.3 is 15.4 Å². The van der Waals surface area contributed by atoms with Gasteiger partial charge in [0.15, 0.2) is 23.5 Å². The minimum atomic E-state index is -1.90. The van der Waals surface area contributed by atoms with E-state index in [0.717, 1.165) is 6.07 Å². The van der Waals surface area contributed by atoms with Gasteiger partial charge in [0, 0.05) is 17.1 Å². The van der Waals surface area contributed by atoms with Crippen molar-refractivity contribution in [2.24, 2.45) is 0 Å². The van der Waals surface area contributed by atoms with Crippen LogP contribution in [0.4, 0.5) is 18.0 Å². The molecule has 2 aromatic carbocycles. The highest BCUT2D eigenvalue weighted by Gasteiger charge is 2.43. The van der Waals surface area contributed by atoms with E-state index >= 15 is 0 Å². The second-order valence-electron chi connectivity index (χ2n) is 6.61. The third-order valence-corrected chi connectivity index (χ3v) is 5.03. The summed E-state index contributed by atoms with van der Waals surface area (Å²) >= 11 is 5.74. The first-order valence-corrected chi connectivity index (χ1v) is 9.06. The zero-order chi connectivity index (χ0) is 22.4. The highest BCUT2D eigenvalue weighted by Crippen LogP contribution is 2.31. The molecule has 0 aliphatic carbocycles. The molecule has 3 N–H and O–H groups in total. The van der Waals surface area contributed by atoms with Crippen LogP contribution < -0.4 is 5.32 Å². The Bertz CT molecular complexity index is 1300. The van der Waals surface area contributed by atoms with E-state index in [1.165, 1.54) is 24.4 Å². The molecule has 1 saturated heterocycles. The smallest absolute Gasteiger partial charge is 0.331 e. The fraction of sp³-hybridized carbons (Fsp3) is 0.0500. The summed E-state index contributed by atoms with van der Waals surface area (Å²) in [4.78, 5) is 40.0. The quantitative estimate of drug-likeness (QED) is 0.414. The average Bonchev–Trinajstić information content (AvgIpc) is 3.24. The number of imide groups is 1. The normalized spacial score (nSPS) is 16.3. The molecular formula is C20H11ClF3N3O4. The number of fused-ring (bicyclic) bond motifs is 1. The Morgan fingerprint density at radius 2 is 1.87 bits per heavy atom. The maximum Gasteiger partial charge on any atom is 0.331 e. The van der Waals surface area contributed by atoms with Crippen LogP contribution in [0.3, 0.4) is 0 Å². The molecule has 0 saturated carbocycles. The van der Waals surface area contributed by atoms with E-state index in [1.807, 2.05) is 0 Å². The second kappa shape index (κ2) is 7.47. The van der Waals surface area contributed by atoms with Crippen molar-refractivity contribution >= 4 is 46.5 Å². The number of urea groups is 1. The summed E-state index contributed by atoms with van der Waals surface area (Å²) in [6.45, 7) is 0. The van der Waals surface area contributed by atoms with Gasteiger partial charge in [-0.2, -0.15) is 0 Å². The van der Waals surface area contributed by atoms with Crippen LogP contribution in [0.2, 0.25) is 5.02 Å². The molecule has 11 heteroatoms. The number of halogens is 4. The molecule has 0 radical (unpaired) electrons. The number of nitrogens with one attached hydrogen (secondary N) is 2. The molecule has 1 atom stereocenters. The lowest BCUT2D eigenvalue weighted by molar-refractivity contribution is -0.146. The van der Waals surface area contributed by atoms with Crippen molar-refractivity contribution in [3.63, 3.8) is 0 Å². The molecule has 3 amide bonds. The van der Waals surface area contributed by atoms with Crippen molar-refractivity contribution in [1.29, 1.82) is 0 Å². The van der Waals surface area contributed by atoms with E-state index in [-0.39, 0.29) is 21.8 Å². The summed E-state index contributed by atoms with van der Waals surface area (Å²) < 4.78 is 40.9. The maximum atomic E-state index is 14.1. The summed E-state index contributed by atoms with van der Waals surface area (Å²) in [6, 6.07) is 2.12. The summed E-state index contributed by atoms with van der Waals surface area (Å²) in [7, 11) is 0. The summed E-state index contributed by atoms with van der Waals surface area (Å²) in [5.74, 6) is -5.87. The number of carbonyl (C=O) groups excluding carboxylic acids is 2. The van der Waals surface area contributed by atoms with E-state index in [2.05, 4.69) is 10.3 Å². The lowest BCUT2D eigenvalue weighted by atomic mass is 10.0. The number of aromatic nitrogens is 1. The highest BCUT2D eigenvalue weighted by atomic mass is 35.5. The van der Waals surface area contributed by atoms with Crippen molar-refractivity contribution in [2.45, 2.75) is 6.04 Å². The van der Waals surface area contributed by atoms with Gasteiger partial charge in [-0.15, -0.1) is 0 Å². The molecule has 0 spiro atoms.